The molecule has 0 saturated heterocycles. The minimum absolute atomic E-state index is 0.653. The van der Waals surface area contributed by atoms with E-state index >= 15 is 0 Å². The van der Waals surface area contributed by atoms with Gasteiger partial charge in [0.1, 0.15) is 0 Å². The average molecular weight is 286 g/mol. The van der Waals surface area contributed by atoms with Crippen LogP contribution in [0, 0.1) is 0 Å². The zero-order chi connectivity index (χ0) is 15.1. The number of nitrogens with zero attached hydrogens (tertiary/aromatic N) is 3. The number of benzene rings is 1. The molecule has 0 aliphatic carbocycles. The van der Waals surface area contributed by atoms with Crippen molar-refractivity contribution in [1.82, 2.24) is 20.0 Å². The number of likely N-dealkylation sites (N-methyl/N-ethyl adjacent to an activating group) is 1. The Bertz CT molecular complexity index is 504. The van der Waals surface area contributed by atoms with E-state index in [0.29, 0.717) is 6.04 Å². The summed E-state index contributed by atoms with van der Waals surface area (Å²) in [6, 6.07) is 11.1. The molecule has 0 saturated carbocycles. The van der Waals surface area contributed by atoms with E-state index in [1.165, 1.54) is 12.0 Å². The highest BCUT2D eigenvalue weighted by molar-refractivity contribution is 5.33. The summed E-state index contributed by atoms with van der Waals surface area (Å²) in [7, 11) is 2.19. The van der Waals surface area contributed by atoms with Crippen molar-refractivity contribution in [1.29, 1.82) is 0 Å². The number of rotatable bonds is 8. The van der Waals surface area contributed by atoms with Crippen molar-refractivity contribution in [3.05, 3.63) is 48.3 Å². The van der Waals surface area contributed by atoms with Gasteiger partial charge in [-0.25, -0.2) is 4.68 Å². The van der Waals surface area contributed by atoms with E-state index in [9.17, 15) is 0 Å². The summed E-state index contributed by atoms with van der Waals surface area (Å²) in [6.45, 7) is 7.51. The van der Waals surface area contributed by atoms with Crippen molar-refractivity contribution in [2.45, 2.75) is 32.9 Å². The third-order valence-electron chi connectivity index (χ3n) is 4.02. The van der Waals surface area contributed by atoms with Gasteiger partial charge in [-0.1, -0.05) is 19.1 Å². The largest absolute Gasteiger partial charge is 0.311 e. The second-order valence-electron chi connectivity index (χ2n) is 5.53. The first-order valence-corrected chi connectivity index (χ1v) is 7.70. The van der Waals surface area contributed by atoms with Crippen LogP contribution in [0.25, 0.3) is 5.69 Å². The first-order valence-electron chi connectivity index (χ1n) is 7.70. The lowest BCUT2D eigenvalue weighted by Gasteiger charge is -2.23. The Labute approximate surface area is 127 Å². The molecule has 1 N–H and O–H groups in total. The van der Waals surface area contributed by atoms with Gasteiger partial charge in [0.05, 0.1) is 5.69 Å². The van der Waals surface area contributed by atoms with Crippen LogP contribution in [0.5, 0.6) is 0 Å². The van der Waals surface area contributed by atoms with Gasteiger partial charge in [0.2, 0.25) is 0 Å². The monoisotopic (exact) mass is 286 g/mol. The Morgan fingerprint density at radius 3 is 2.67 bits per heavy atom. The molecule has 1 aromatic carbocycles. The molecule has 114 valence electrons. The quantitative estimate of drug-likeness (QED) is 0.757. The molecule has 0 spiro atoms. The standard InChI is InChI=1S/C17H26N4/c1-4-15(2)20(3)13-11-18-14-16-6-8-17(9-7-16)21-12-5-10-19-21/h5-10,12,15,18H,4,11,13-14H2,1-3H3. The molecule has 0 amide bonds. The van der Waals surface area contributed by atoms with Gasteiger partial charge < -0.3 is 10.2 Å². The third-order valence-corrected chi connectivity index (χ3v) is 4.02. The van der Waals surface area contributed by atoms with Crippen LogP contribution in [0.2, 0.25) is 0 Å². The topological polar surface area (TPSA) is 33.1 Å². The number of aromatic nitrogens is 2. The Kier molecular flexibility index (Phi) is 5.96. The molecule has 21 heavy (non-hydrogen) atoms. The van der Waals surface area contributed by atoms with E-state index < -0.39 is 0 Å². The zero-order valence-electron chi connectivity index (χ0n) is 13.3. The summed E-state index contributed by atoms with van der Waals surface area (Å²) in [6.07, 6.45) is 4.95. The van der Waals surface area contributed by atoms with Crippen molar-refractivity contribution in [2.24, 2.45) is 0 Å². The maximum Gasteiger partial charge on any atom is 0.0645 e. The van der Waals surface area contributed by atoms with Crippen LogP contribution in [0.4, 0.5) is 0 Å². The smallest absolute Gasteiger partial charge is 0.0645 e. The predicted molar refractivity (Wildman–Crippen MR) is 87.7 cm³/mol. The molecule has 4 heteroatoms. The van der Waals surface area contributed by atoms with Crippen molar-refractivity contribution in [3.8, 4) is 5.69 Å². The predicted octanol–water partition coefficient (Wildman–Crippen LogP) is 2.69. The molecular weight excluding hydrogens is 260 g/mol. The van der Waals surface area contributed by atoms with Crippen molar-refractivity contribution in [3.63, 3.8) is 0 Å². The number of hydrogen-bond donors (Lipinski definition) is 1. The Balaban J connectivity index is 1.74. The van der Waals surface area contributed by atoms with Gasteiger partial charge in [-0.3, -0.25) is 0 Å². The highest BCUT2D eigenvalue weighted by Crippen LogP contribution is 2.08. The summed E-state index contributed by atoms with van der Waals surface area (Å²) in [5.41, 5.74) is 2.40. The van der Waals surface area contributed by atoms with E-state index in [4.69, 9.17) is 0 Å². The van der Waals surface area contributed by atoms with Crippen LogP contribution in [-0.4, -0.2) is 40.9 Å². The SMILES string of the molecule is CCC(C)N(C)CCNCc1ccc(-n2cccn2)cc1. The highest BCUT2D eigenvalue weighted by atomic mass is 15.3. The lowest BCUT2D eigenvalue weighted by molar-refractivity contribution is 0.252. The first-order chi connectivity index (χ1) is 10.2. The zero-order valence-corrected chi connectivity index (χ0v) is 13.3. The normalized spacial score (nSPS) is 12.8. The van der Waals surface area contributed by atoms with Gasteiger partial charge in [0, 0.05) is 38.1 Å². The molecule has 0 aliphatic heterocycles. The molecule has 0 fully saturated rings. The van der Waals surface area contributed by atoms with Crippen LogP contribution >= 0.6 is 0 Å². The number of hydrogen-bond acceptors (Lipinski definition) is 3. The Morgan fingerprint density at radius 1 is 1.29 bits per heavy atom. The van der Waals surface area contributed by atoms with Gasteiger partial charge in [-0.15, -0.1) is 0 Å². The van der Waals surface area contributed by atoms with Crippen LogP contribution in [0.3, 0.4) is 0 Å². The molecule has 1 aromatic heterocycles. The highest BCUT2D eigenvalue weighted by Gasteiger charge is 2.05. The summed E-state index contributed by atoms with van der Waals surface area (Å²) in [5, 5.41) is 7.73. The van der Waals surface area contributed by atoms with Crippen LogP contribution < -0.4 is 5.32 Å². The van der Waals surface area contributed by atoms with Crippen molar-refractivity contribution < 1.29 is 0 Å². The fraction of sp³-hybridized carbons (Fsp3) is 0.471. The Morgan fingerprint density at radius 2 is 2.05 bits per heavy atom. The molecule has 4 nitrogen and oxygen atoms in total. The second-order valence-corrected chi connectivity index (χ2v) is 5.53. The van der Waals surface area contributed by atoms with E-state index in [1.807, 2.05) is 16.9 Å². The van der Waals surface area contributed by atoms with Crippen molar-refractivity contribution in [2.75, 3.05) is 20.1 Å². The fourth-order valence-electron chi connectivity index (χ4n) is 2.21. The van der Waals surface area contributed by atoms with E-state index in [1.54, 1.807) is 6.20 Å². The van der Waals surface area contributed by atoms with Gasteiger partial charge in [0.15, 0.2) is 0 Å². The first kappa shape index (κ1) is 15.7. The summed E-state index contributed by atoms with van der Waals surface area (Å²) in [5.74, 6) is 0. The lowest BCUT2D eigenvalue weighted by atomic mass is 10.2. The molecule has 1 unspecified atom stereocenters. The Hall–Kier alpha value is -1.65. The number of nitrogens with one attached hydrogen (secondary N) is 1. The maximum absolute atomic E-state index is 4.23. The minimum Gasteiger partial charge on any atom is -0.311 e. The summed E-state index contributed by atoms with van der Waals surface area (Å²) in [4.78, 5) is 2.40. The minimum atomic E-state index is 0.653. The van der Waals surface area contributed by atoms with E-state index in [0.717, 1.165) is 25.3 Å². The maximum atomic E-state index is 4.23. The molecule has 1 heterocycles. The second kappa shape index (κ2) is 7.96. The lowest BCUT2D eigenvalue weighted by Crippen LogP contribution is -2.34. The average Bonchev–Trinajstić information content (AvgIpc) is 3.05. The molecule has 2 rings (SSSR count). The molecular formula is C17H26N4. The van der Waals surface area contributed by atoms with Crippen molar-refractivity contribution >= 4 is 0 Å². The van der Waals surface area contributed by atoms with Gasteiger partial charge in [-0.2, -0.15) is 5.10 Å². The molecule has 1 atom stereocenters. The van der Waals surface area contributed by atoms with Gasteiger partial charge >= 0.3 is 0 Å². The van der Waals surface area contributed by atoms with E-state index in [2.05, 4.69) is 60.5 Å². The van der Waals surface area contributed by atoms with Crippen LogP contribution in [0.1, 0.15) is 25.8 Å². The van der Waals surface area contributed by atoms with Gasteiger partial charge in [0.25, 0.3) is 0 Å². The fourth-order valence-corrected chi connectivity index (χ4v) is 2.21. The van der Waals surface area contributed by atoms with Gasteiger partial charge in [-0.05, 0) is 44.2 Å². The van der Waals surface area contributed by atoms with Crippen LogP contribution in [-0.2, 0) is 6.54 Å². The van der Waals surface area contributed by atoms with Crippen LogP contribution in [0.15, 0.2) is 42.7 Å². The molecule has 2 aromatic rings. The molecule has 0 bridgehead atoms. The molecule has 0 aliphatic rings. The summed E-state index contributed by atoms with van der Waals surface area (Å²) < 4.78 is 1.87. The third kappa shape index (κ3) is 4.69. The summed E-state index contributed by atoms with van der Waals surface area (Å²) >= 11 is 0. The molecule has 0 radical (unpaired) electrons. The van der Waals surface area contributed by atoms with E-state index in [-0.39, 0.29) is 0 Å².